The number of ether oxygens (including phenoxy) is 1. The molecule has 2 N–H and O–H groups in total. The van der Waals surface area contributed by atoms with E-state index in [0.29, 0.717) is 6.42 Å². The molecule has 0 unspecified atom stereocenters. The topological polar surface area (TPSA) is 120 Å². The summed E-state index contributed by atoms with van der Waals surface area (Å²) in [5.74, 6) is 0. The standard InChI is InChI=1S/C13H23N2O7P/c1-3-21-23(19,22-4-2)10-20-11(9-16)5-7-15-8-6-12(17)14-13(15)18/h6,8,11,16H,3-5,7,9-10H2,1-2H3,(H,14,17,18)/t11-/m0/s1. The molecule has 0 saturated heterocycles. The van der Waals surface area contributed by atoms with E-state index in [4.69, 9.17) is 13.8 Å². The van der Waals surface area contributed by atoms with E-state index in [1.807, 2.05) is 0 Å². The largest absolute Gasteiger partial charge is 0.394 e. The number of aryl methyl sites for hydroxylation is 1. The quantitative estimate of drug-likeness (QED) is 0.559. The van der Waals surface area contributed by atoms with Crippen molar-refractivity contribution in [2.45, 2.75) is 32.9 Å². The number of hydrogen-bond acceptors (Lipinski definition) is 7. The Balaban J connectivity index is 2.58. The van der Waals surface area contributed by atoms with Crippen molar-refractivity contribution in [1.82, 2.24) is 9.55 Å². The van der Waals surface area contributed by atoms with Crippen LogP contribution < -0.4 is 11.2 Å². The van der Waals surface area contributed by atoms with Gasteiger partial charge in [-0.1, -0.05) is 0 Å². The number of hydrogen-bond donors (Lipinski definition) is 2. The van der Waals surface area contributed by atoms with Crippen molar-refractivity contribution in [2.24, 2.45) is 0 Å². The summed E-state index contributed by atoms with van der Waals surface area (Å²) < 4.78 is 29.1. The van der Waals surface area contributed by atoms with Crippen molar-refractivity contribution >= 4 is 7.60 Å². The fourth-order valence-corrected chi connectivity index (χ4v) is 3.24. The Hall–Kier alpha value is -1.25. The Morgan fingerprint density at radius 1 is 1.30 bits per heavy atom. The lowest BCUT2D eigenvalue weighted by Crippen LogP contribution is -2.30. The molecule has 1 heterocycles. The smallest absolute Gasteiger partial charge is 0.356 e. The van der Waals surface area contributed by atoms with Crippen LogP contribution in [0.15, 0.2) is 21.9 Å². The second-order valence-corrected chi connectivity index (χ2v) is 6.64. The van der Waals surface area contributed by atoms with E-state index >= 15 is 0 Å². The molecule has 132 valence electrons. The van der Waals surface area contributed by atoms with Crippen LogP contribution in [0, 0.1) is 0 Å². The number of aliphatic hydroxyl groups excluding tert-OH is 1. The molecule has 0 aliphatic rings. The predicted molar refractivity (Wildman–Crippen MR) is 83.6 cm³/mol. The third-order valence-corrected chi connectivity index (χ3v) is 4.68. The average molecular weight is 350 g/mol. The van der Waals surface area contributed by atoms with Gasteiger partial charge < -0.3 is 23.5 Å². The molecule has 9 nitrogen and oxygen atoms in total. The van der Waals surface area contributed by atoms with Gasteiger partial charge in [0.15, 0.2) is 0 Å². The molecule has 1 aromatic heterocycles. The number of nitrogens with zero attached hydrogens (tertiary/aromatic N) is 1. The molecule has 1 aromatic rings. The van der Waals surface area contributed by atoms with Crippen LogP contribution in [0.2, 0.25) is 0 Å². The molecule has 0 amide bonds. The molecule has 0 aliphatic heterocycles. The van der Waals surface area contributed by atoms with Crippen LogP contribution in [0.4, 0.5) is 0 Å². The summed E-state index contributed by atoms with van der Waals surface area (Å²) in [5.41, 5.74) is -1.01. The molecule has 1 atom stereocenters. The van der Waals surface area contributed by atoms with Gasteiger partial charge in [-0.25, -0.2) is 4.79 Å². The highest BCUT2D eigenvalue weighted by Gasteiger charge is 2.25. The zero-order valence-corrected chi connectivity index (χ0v) is 14.2. The Bertz CT molecular complexity index is 617. The molecular formula is C13H23N2O7P. The summed E-state index contributed by atoms with van der Waals surface area (Å²) in [5, 5.41) is 9.33. The first-order valence-corrected chi connectivity index (χ1v) is 9.07. The van der Waals surface area contributed by atoms with Crippen LogP contribution in [0.25, 0.3) is 0 Å². The van der Waals surface area contributed by atoms with Gasteiger partial charge in [-0.3, -0.25) is 14.3 Å². The van der Waals surface area contributed by atoms with Crippen LogP contribution in [0.3, 0.4) is 0 Å². The fraction of sp³-hybridized carbons (Fsp3) is 0.692. The number of aliphatic hydroxyl groups is 1. The highest BCUT2D eigenvalue weighted by atomic mass is 31.2. The van der Waals surface area contributed by atoms with Crippen LogP contribution in [0.1, 0.15) is 20.3 Å². The monoisotopic (exact) mass is 350 g/mol. The van der Waals surface area contributed by atoms with Crippen LogP contribution >= 0.6 is 7.60 Å². The minimum absolute atomic E-state index is 0.219. The summed E-state index contributed by atoms with van der Waals surface area (Å²) in [6.45, 7) is 3.74. The maximum atomic E-state index is 12.3. The highest BCUT2D eigenvalue weighted by molar-refractivity contribution is 7.53. The van der Waals surface area contributed by atoms with Crippen LogP contribution in [0.5, 0.6) is 0 Å². The van der Waals surface area contributed by atoms with E-state index in [9.17, 15) is 19.3 Å². The van der Waals surface area contributed by atoms with E-state index in [1.54, 1.807) is 13.8 Å². The molecule has 0 aromatic carbocycles. The molecule has 0 saturated carbocycles. The van der Waals surface area contributed by atoms with Crippen molar-refractivity contribution in [3.05, 3.63) is 33.1 Å². The van der Waals surface area contributed by atoms with E-state index in [0.717, 1.165) is 0 Å². The predicted octanol–water partition coefficient (Wildman–Crippen LogP) is 0.528. The Labute approximate surface area is 133 Å². The molecule has 1 rings (SSSR count). The molecule has 0 bridgehead atoms. The number of H-pyrrole nitrogens is 1. The first-order chi connectivity index (χ1) is 10.9. The van der Waals surface area contributed by atoms with Gasteiger partial charge >= 0.3 is 13.3 Å². The van der Waals surface area contributed by atoms with Gasteiger partial charge in [-0.2, -0.15) is 0 Å². The minimum atomic E-state index is -3.35. The lowest BCUT2D eigenvalue weighted by Gasteiger charge is -2.21. The maximum Gasteiger partial charge on any atom is 0.356 e. The van der Waals surface area contributed by atoms with E-state index in [2.05, 4.69) is 4.98 Å². The molecule has 0 radical (unpaired) electrons. The number of aromatic nitrogens is 2. The third-order valence-electron chi connectivity index (χ3n) is 2.91. The highest BCUT2D eigenvalue weighted by Crippen LogP contribution is 2.48. The lowest BCUT2D eigenvalue weighted by atomic mass is 10.2. The summed E-state index contributed by atoms with van der Waals surface area (Å²) in [7, 11) is -3.35. The van der Waals surface area contributed by atoms with Gasteiger partial charge in [-0.15, -0.1) is 0 Å². The average Bonchev–Trinajstić information content (AvgIpc) is 2.49. The third kappa shape index (κ3) is 6.80. The lowest BCUT2D eigenvalue weighted by molar-refractivity contribution is 0.0181. The number of aromatic amines is 1. The van der Waals surface area contributed by atoms with Crippen molar-refractivity contribution in [2.75, 3.05) is 26.2 Å². The van der Waals surface area contributed by atoms with Crippen molar-refractivity contribution in [3.8, 4) is 0 Å². The molecular weight excluding hydrogens is 327 g/mol. The summed E-state index contributed by atoms with van der Waals surface area (Å²) in [6.07, 6.45) is 0.741. The molecule has 0 spiro atoms. The van der Waals surface area contributed by atoms with Crippen LogP contribution in [-0.4, -0.2) is 46.9 Å². The van der Waals surface area contributed by atoms with Crippen molar-refractivity contribution < 1.29 is 23.5 Å². The summed E-state index contributed by atoms with van der Waals surface area (Å²) in [6, 6.07) is 1.23. The van der Waals surface area contributed by atoms with Gasteiger partial charge in [0.2, 0.25) is 0 Å². The molecule has 10 heteroatoms. The SMILES string of the molecule is CCOP(=O)(CO[C@H](CO)CCn1ccc(=O)[nH]c1=O)OCC. The zero-order valence-electron chi connectivity index (χ0n) is 13.3. The molecule has 0 aliphatic carbocycles. The van der Waals surface area contributed by atoms with Gasteiger partial charge in [0, 0.05) is 18.8 Å². The molecule has 23 heavy (non-hydrogen) atoms. The van der Waals surface area contributed by atoms with Gasteiger partial charge in [-0.05, 0) is 20.3 Å². The Morgan fingerprint density at radius 3 is 2.48 bits per heavy atom. The minimum Gasteiger partial charge on any atom is -0.394 e. The van der Waals surface area contributed by atoms with Crippen LogP contribution in [-0.2, 0) is 24.9 Å². The zero-order chi connectivity index (χ0) is 17.3. The van der Waals surface area contributed by atoms with Crippen molar-refractivity contribution in [1.29, 1.82) is 0 Å². The first kappa shape index (κ1) is 19.8. The van der Waals surface area contributed by atoms with Crippen molar-refractivity contribution in [3.63, 3.8) is 0 Å². The van der Waals surface area contributed by atoms with Gasteiger partial charge in [0.05, 0.1) is 25.9 Å². The second kappa shape index (κ2) is 9.79. The van der Waals surface area contributed by atoms with E-state index in [1.165, 1.54) is 16.8 Å². The first-order valence-electron chi connectivity index (χ1n) is 7.34. The summed E-state index contributed by atoms with van der Waals surface area (Å²) >= 11 is 0. The van der Waals surface area contributed by atoms with E-state index < -0.39 is 24.9 Å². The number of rotatable bonds is 11. The van der Waals surface area contributed by atoms with E-state index in [-0.39, 0.29) is 32.7 Å². The second-order valence-electron chi connectivity index (χ2n) is 4.64. The molecule has 0 fully saturated rings. The normalized spacial score (nSPS) is 13.2. The van der Waals surface area contributed by atoms with Gasteiger partial charge in [0.25, 0.3) is 5.56 Å². The number of nitrogens with one attached hydrogen (secondary N) is 1. The van der Waals surface area contributed by atoms with Gasteiger partial charge in [0.1, 0.15) is 6.35 Å². The summed E-state index contributed by atoms with van der Waals surface area (Å²) in [4.78, 5) is 24.7. The fourth-order valence-electron chi connectivity index (χ4n) is 1.83. The Kier molecular flexibility index (Phi) is 8.43. The maximum absolute atomic E-state index is 12.3. The Morgan fingerprint density at radius 2 is 1.96 bits per heavy atom.